The number of hydrogen-bond donors (Lipinski definition) is 2. The maximum absolute atomic E-state index is 13.2. The molecule has 1 aliphatic heterocycles. The lowest BCUT2D eigenvalue weighted by Gasteiger charge is -2.20. The summed E-state index contributed by atoms with van der Waals surface area (Å²) in [5.74, 6) is -1.78. The van der Waals surface area contributed by atoms with Gasteiger partial charge in [-0.2, -0.15) is 12.7 Å². The molecule has 27 heavy (non-hydrogen) atoms. The average molecular weight is 398 g/mol. The fourth-order valence-electron chi connectivity index (χ4n) is 2.75. The first-order valence-electron chi connectivity index (χ1n) is 7.93. The summed E-state index contributed by atoms with van der Waals surface area (Å²) < 4.78 is 55.6. The number of amides is 1. The highest BCUT2D eigenvalue weighted by molar-refractivity contribution is 7.86. The fraction of sp³-hybridized carbons (Fsp3) is 0.250. The van der Waals surface area contributed by atoms with Gasteiger partial charge in [0.15, 0.2) is 0 Å². The summed E-state index contributed by atoms with van der Waals surface area (Å²) in [6.07, 6.45) is 2.14. The van der Waals surface area contributed by atoms with Crippen LogP contribution in [-0.2, 0) is 15.0 Å². The number of nitrogens with one attached hydrogen (secondary N) is 1. The molecule has 0 spiro atoms. The van der Waals surface area contributed by atoms with Crippen LogP contribution in [0.25, 0.3) is 0 Å². The topological polar surface area (TPSA) is 115 Å². The maximum atomic E-state index is 13.2. The number of rotatable bonds is 5. The van der Waals surface area contributed by atoms with Crippen molar-refractivity contribution in [1.29, 1.82) is 0 Å². The molecular formula is C16H16F2N4O4S. The summed E-state index contributed by atoms with van der Waals surface area (Å²) in [7, 11) is -3.97. The lowest BCUT2D eigenvalue weighted by Crippen LogP contribution is -2.46. The number of nitrogens with two attached hydrogens (primary N) is 1. The van der Waals surface area contributed by atoms with E-state index >= 15 is 0 Å². The molecule has 144 valence electrons. The van der Waals surface area contributed by atoms with Crippen LogP contribution in [0.4, 0.5) is 14.6 Å². The Morgan fingerprint density at radius 1 is 1.22 bits per heavy atom. The van der Waals surface area contributed by atoms with Crippen LogP contribution in [0.1, 0.15) is 12.8 Å². The van der Waals surface area contributed by atoms with E-state index in [1.54, 1.807) is 0 Å². The Morgan fingerprint density at radius 3 is 2.52 bits per heavy atom. The fourth-order valence-corrected chi connectivity index (χ4v) is 3.69. The van der Waals surface area contributed by atoms with Crippen LogP contribution in [0.15, 0.2) is 36.5 Å². The number of benzene rings is 1. The molecule has 0 saturated carbocycles. The van der Waals surface area contributed by atoms with Crippen molar-refractivity contribution < 1.29 is 26.7 Å². The van der Waals surface area contributed by atoms with Gasteiger partial charge in [-0.25, -0.2) is 18.9 Å². The van der Waals surface area contributed by atoms with Gasteiger partial charge < -0.3 is 10.1 Å². The van der Waals surface area contributed by atoms with E-state index in [2.05, 4.69) is 10.3 Å². The van der Waals surface area contributed by atoms with E-state index in [-0.39, 0.29) is 23.9 Å². The first-order valence-corrected chi connectivity index (χ1v) is 9.43. The molecule has 2 aromatic rings. The Bertz CT molecular complexity index is 933. The van der Waals surface area contributed by atoms with Crippen molar-refractivity contribution in [1.82, 2.24) is 9.29 Å². The molecule has 0 aliphatic carbocycles. The molecule has 1 aromatic heterocycles. The van der Waals surface area contributed by atoms with Gasteiger partial charge >= 0.3 is 0 Å². The SMILES string of the molecule is NS(=O)(=O)N1CCC[C@H]1C(=O)Nc1ccc(Oc2cc(F)cc(F)c2)cn1. The zero-order valence-corrected chi connectivity index (χ0v) is 14.7. The van der Waals surface area contributed by atoms with Gasteiger partial charge in [-0.3, -0.25) is 4.79 Å². The van der Waals surface area contributed by atoms with Crippen LogP contribution >= 0.6 is 0 Å². The van der Waals surface area contributed by atoms with E-state index < -0.39 is 33.8 Å². The van der Waals surface area contributed by atoms with Gasteiger partial charge in [0, 0.05) is 24.7 Å². The molecule has 0 unspecified atom stereocenters. The maximum Gasteiger partial charge on any atom is 0.277 e. The monoisotopic (exact) mass is 398 g/mol. The molecule has 1 fully saturated rings. The number of hydrogen-bond acceptors (Lipinski definition) is 5. The highest BCUT2D eigenvalue weighted by Crippen LogP contribution is 2.24. The van der Waals surface area contributed by atoms with Gasteiger partial charge in [0.1, 0.15) is 35.0 Å². The summed E-state index contributed by atoms with van der Waals surface area (Å²) in [5.41, 5.74) is 0. The minimum absolute atomic E-state index is 0.0409. The second-order valence-corrected chi connectivity index (χ2v) is 7.39. The number of pyridine rings is 1. The largest absolute Gasteiger partial charge is 0.456 e. The minimum atomic E-state index is -3.97. The van der Waals surface area contributed by atoms with Crippen LogP contribution in [0.3, 0.4) is 0 Å². The standard InChI is InChI=1S/C16H16F2N4O4S/c17-10-6-11(18)8-13(7-10)26-12-3-4-15(20-9-12)21-16(23)14-2-1-5-22(14)27(19,24)25/h3-4,6-9,14H,1-2,5H2,(H2,19,24,25)(H,20,21,23)/t14-/m0/s1. The highest BCUT2D eigenvalue weighted by atomic mass is 32.2. The Balaban J connectivity index is 1.66. The molecule has 2 heterocycles. The van der Waals surface area contributed by atoms with Crippen LogP contribution in [0.2, 0.25) is 0 Å². The van der Waals surface area contributed by atoms with E-state index in [0.717, 1.165) is 22.5 Å². The van der Waals surface area contributed by atoms with Gasteiger partial charge in [-0.15, -0.1) is 0 Å². The number of nitrogens with zero attached hydrogens (tertiary/aromatic N) is 2. The molecular weight excluding hydrogens is 382 g/mol. The second-order valence-electron chi connectivity index (χ2n) is 5.89. The molecule has 0 radical (unpaired) electrons. The van der Waals surface area contributed by atoms with E-state index in [1.165, 1.54) is 18.3 Å². The predicted molar refractivity (Wildman–Crippen MR) is 92.1 cm³/mol. The minimum Gasteiger partial charge on any atom is -0.456 e. The van der Waals surface area contributed by atoms with Crippen LogP contribution in [0.5, 0.6) is 11.5 Å². The summed E-state index contributed by atoms with van der Waals surface area (Å²) in [6.45, 7) is 0.182. The number of halogens is 2. The number of carbonyl (C=O) groups excluding carboxylic acids is 1. The lowest BCUT2D eigenvalue weighted by atomic mass is 10.2. The number of aromatic nitrogens is 1. The first kappa shape index (κ1) is 19.1. The van der Waals surface area contributed by atoms with E-state index in [1.807, 2.05) is 0 Å². The summed E-state index contributed by atoms with van der Waals surface area (Å²) in [6, 6.07) is 4.71. The number of ether oxygens (including phenoxy) is 1. The molecule has 3 rings (SSSR count). The van der Waals surface area contributed by atoms with Crippen molar-refractivity contribution in [2.75, 3.05) is 11.9 Å². The molecule has 1 atom stereocenters. The van der Waals surface area contributed by atoms with Crippen molar-refractivity contribution in [3.05, 3.63) is 48.2 Å². The zero-order chi connectivity index (χ0) is 19.6. The quantitative estimate of drug-likeness (QED) is 0.796. The zero-order valence-electron chi connectivity index (χ0n) is 13.9. The Hall–Kier alpha value is -2.63. The van der Waals surface area contributed by atoms with Crippen LogP contribution in [0, 0.1) is 11.6 Å². The number of anilines is 1. The highest BCUT2D eigenvalue weighted by Gasteiger charge is 2.37. The average Bonchev–Trinajstić information content (AvgIpc) is 3.06. The van der Waals surface area contributed by atoms with Gasteiger partial charge in [-0.1, -0.05) is 0 Å². The first-order chi connectivity index (χ1) is 12.7. The molecule has 11 heteroatoms. The molecule has 0 bridgehead atoms. The normalized spacial score (nSPS) is 17.7. The Morgan fingerprint density at radius 2 is 1.93 bits per heavy atom. The molecule has 8 nitrogen and oxygen atoms in total. The third-order valence-corrected chi connectivity index (χ3v) is 4.98. The van der Waals surface area contributed by atoms with E-state index in [4.69, 9.17) is 9.88 Å². The summed E-state index contributed by atoms with van der Waals surface area (Å²) >= 11 is 0. The smallest absolute Gasteiger partial charge is 0.277 e. The van der Waals surface area contributed by atoms with Gasteiger partial charge in [-0.05, 0) is 25.0 Å². The Kier molecular flexibility index (Phi) is 5.35. The van der Waals surface area contributed by atoms with Crippen LogP contribution < -0.4 is 15.2 Å². The van der Waals surface area contributed by atoms with Crippen molar-refractivity contribution >= 4 is 21.9 Å². The summed E-state index contributed by atoms with van der Waals surface area (Å²) in [5, 5.41) is 7.62. The third kappa shape index (κ3) is 4.76. The Labute approximate surface area is 154 Å². The molecule has 1 aromatic carbocycles. The van der Waals surface area contributed by atoms with E-state index in [0.29, 0.717) is 12.8 Å². The van der Waals surface area contributed by atoms with Gasteiger partial charge in [0.25, 0.3) is 10.2 Å². The lowest BCUT2D eigenvalue weighted by molar-refractivity contribution is -0.119. The van der Waals surface area contributed by atoms with Crippen molar-refractivity contribution in [2.24, 2.45) is 5.14 Å². The second kappa shape index (κ2) is 7.55. The molecule has 1 aliphatic rings. The van der Waals surface area contributed by atoms with Crippen molar-refractivity contribution in [3.63, 3.8) is 0 Å². The van der Waals surface area contributed by atoms with Gasteiger partial charge in [0.2, 0.25) is 5.91 Å². The van der Waals surface area contributed by atoms with Crippen molar-refractivity contribution in [2.45, 2.75) is 18.9 Å². The third-order valence-electron chi connectivity index (χ3n) is 3.89. The summed E-state index contributed by atoms with van der Waals surface area (Å²) in [4.78, 5) is 16.3. The van der Waals surface area contributed by atoms with Crippen LogP contribution in [-0.4, -0.2) is 36.2 Å². The van der Waals surface area contributed by atoms with Crippen molar-refractivity contribution in [3.8, 4) is 11.5 Å². The molecule has 3 N–H and O–H groups in total. The van der Waals surface area contributed by atoms with E-state index in [9.17, 15) is 22.0 Å². The predicted octanol–water partition coefficient (Wildman–Crippen LogP) is 1.76. The van der Waals surface area contributed by atoms with Gasteiger partial charge in [0.05, 0.1) is 6.20 Å². The molecule has 1 amide bonds. The number of carbonyl (C=O) groups is 1. The molecule has 1 saturated heterocycles.